The smallest absolute Gasteiger partial charge is 0.422 e. The molecule has 13 heavy (non-hydrogen) atoms. The van der Waals surface area contributed by atoms with Crippen LogP contribution in [0.5, 0.6) is 0 Å². The Morgan fingerprint density at radius 2 is 2.08 bits per heavy atom. The van der Waals surface area contributed by atoms with Crippen LogP contribution in [0.2, 0.25) is 0 Å². The van der Waals surface area contributed by atoms with Crippen LogP contribution in [-0.2, 0) is 0 Å². The summed E-state index contributed by atoms with van der Waals surface area (Å²) in [5.74, 6) is 0. The van der Waals surface area contributed by atoms with E-state index in [-0.39, 0.29) is 5.59 Å². The van der Waals surface area contributed by atoms with Crippen molar-refractivity contribution in [3.63, 3.8) is 0 Å². The Morgan fingerprint density at radius 3 is 2.77 bits per heavy atom. The third kappa shape index (κ3) is 1.56. The summed E-state index contributed by atoms with van der Waals surface area (Å²) in [4.78, 5) is 9.00. The van der Waals surface area contributed by atoms with Gasteiger partial charge in [-0.2, -0.15) is 0 Å². The molecule has 66 valence electrons. The predicted molar refractivity (Wildman–Crippen MR) is 52.0 cm³/mol. The summed E-state index contributed by atoms with van der Waals surface area (Å²) >= 11 is 1.44. The minimum atomic E-state index is -1.51. The molecule has 0 aromatic carbocycles. The maximum Gasteiger partial charge on any atom is 0.508 e. The first-order chi connectivity index (χ1) is 6.16. The van der Waals surface area contributed by atoms with Crippen LogP contribution in [0.15, 0.2) is 12.1 Å². The van der Waals surface area contributed by atoms with Gasteiger partial charge in [0.2, 0.25) is 0 Å². The van der Waals surface area contributed by atoms with Crippen molar-refractivity contribution < 1.29 is 10.0 Å². The molecule has 2 N–H and O–H groups in total. The van der Waals surface area contributed by atoms with E-state index in [1.165, 1.54) is 11.3 Å². The van der Waals surface area contributed by atoms with E-state index in [9.17, 15) is 0 Å². The van der Waals surface area contributed by atoms with Crippen LogP contribution in [-0.4, -0.2) is 27.1 Å². The van der Waals surface area contributed by atoms with Crippen molar-refractivity contribution in [3.8, 4) is 0 Å². The summed E-state index contributed by atoms with van der Waals surface area (Å²) in [5.41, 5.74) is 1.06. The molecule has 2 heterocycles. The number of pyridine rings is 1. The summed E-state index contributed by atoms with van der Waals surface area (Å²) in [6, 6.07) is 3.30. The highest BCUT2D eigenvalue weighted by Gasteiger charge is 2.13. The highest BCUT2D eigenvalue weighted by Crippen LogP contribution is 2.17. The summed E-state index contributed by atoms with van der Waals surface area (Å²) in [6.07, 6.45) is 0. The van der Waals surface area contributed by atoms with Crippen LogP contribution in [0.25, 0.3) is 10.3 Å². The molecule has 6 heteroatoms. The van der Waals surface area contributed by atoms with Crippen molar-refractivity contribution in [2.45, 2.75) is 6.92 Å². The van der Waals surface area contributed by atoms with E-state index in [4.69, 9.17) is 10.0 Å². The van der Waals surface area contributed by atoms with Crippen LogP contribution < -0.4 is 5.59 Å². The first-order valence-corrected chi connectivity index (χ1v) is 4.58. The van der Waals surface area contributed by atoms with Crippen LogP contribution in [0.4, 0.5) is 0 Å². The van der Waals surface area contributed by atoms with Gasteiger partial charge in [-0.05, 0) is 19.1 Å². The topological polar surface area (TPSA) is 66.2 Å². The van der Waals surface area contributed by atoms with Gasteiger partial charge in [0, 0.05) is 0 Å². The molecule has 0 amide bonds. The molecule has 0 spiro atoms. The van der Waals surface area contributed by atoms with Gasteiger partial charge >= 0.3 is 7.12 Å². The summed E-state index contributed by atoms with van der Waals surface area (Å²) in [6.45, 7) is 1.89. The average molecular weight is 194 g/mol. The molecule has 2 rings (SSSR count). The van der Waals surface area contributed by atoms with Gasteiger partial charge in [-0.3, -0.25) is 0 Å². The van der Waals surface area contributed by atoms with Crippen LogP contribution >= 0.6 is 11.3 Å². The maximum atomic E-state index is 8.87. The Labute approximate surface area is 79.0 Å². The molecule has 0 aliphatic carbocycles. The van der Waals surface area contributed by atoms with Crippen molar-refractivity contribution in [2.24, 2.45) is 0 Å². The second kappa shape index (κ2) is 3.06. The SMILES string of the molecule is Cc1nc2ccc(B(O)O)nc2s1. The molecule has 2 aromatic heterocycles. The van der Waals surface area contributed by atoms with E-state index < -0.39 is 7.12 Å². The van der Waals surface area contributed by atoms with E-state index in [0.717, 1.165) is 15.4 Å². The molecule has 0 atom stereocenters. The van der Waals surface area contributed by atoms with Crippen molar-refractivity contribution in [1.82, 2.24) is 9.97 Å². The molecule has 0 fully saturated rings. The van der Waals surface area contributed by atoms with Gasteiger partial charge < -0.3 is 10.0 Å². The van der Waals surface area contributed by atoms with Gasteiger partial charge in [0.15, 0.2) is 0 Å². The maximum absolute atomic E-state index is 8.87. The number of hydrogen-bond acceptors (Lipinski definition) is 5. The fourth-order valence-corrected chi connectivity index (χ4v) is 1.88. The van der Waals surface area contributed by atoms with Gasteiger partial charge in [-0.1, -0.05) is 11.3 Å². The number of rotatable bonds is 1. The summed E-state index contributed by atoms with van der Waals surface area (Å²) in [7, 11) is -1.51. The fraction of sp³-hybridized carbons (Fsp3) is 0.143. The van der Waals surface area contributed by atoms with E-state index in [2.05, 4.69) is 9.97 Å². The highest BCUT2D eigenvalue weighted by molar-refractivity contribution is 7.18. The quantitative estimate of drug-likeness (QED) is 0.610. The van der Waals surface area contributed by atoms with Gasteiger partial charge in [0.25, 0.3) is 0 Å². The molecule has 2 aromatic rings. The van der Waals surface area contributed by atoms with Crippen LogP contribution in [0, 0.1) is 6.92 Å². The normalized spacial score (nSPS) is 10.7. The molecule has 0 bridgehead atoms. The number of aryl methyl sites for hydroxylation is 1. The Balaban J connectivity index is 2.61. The summed E-state index contributed by atoms with van der Waals surface area (Å²) in [5, 5.41) is 18.7. The molecule has 0 saturated carbocycles. The molecule has 0 saturated heterocycles. The molecule has 4 nitrogen and oxygen atoms in total. The molecular weight excluding hydrogens is 187 g/mol. The fourth-order valence-electron chi connectivity index (χ4n) is 1.08. The third-order valence-electron chi connectivity index (χ3n) is 1.65. The van der Waals surface area contributed by atoms with Gasteiger partial charge in [-0.15, -0.1) is 0 Å². The monoisotopic (exact) mass is 194 g/mol. The van der Waals surface area contributed by atoms with E-state index in [0.29, 0.717) is 0 Å². The lowest BCUT2D eigenvalue weighted by Gasteiger charge is -1.95. The number of hydrogen-bond donors (Lipinski definition) is 2. The summed E-state index contributed by atoms with van der Waals surface area (Å²) < 4.78 is 0. The minimum Gasteiger partial charge on any atom is -0.422 e. The van der Waals surface area contributed by atoms with Crippen LogP contribution in [0.3, 0.4) is 0 Å². The lowest BCUT2D eigenvalue weighted by molar-refractivity contribution is 0.424. The average Bonchev–Trinajstić information content (AvgIpc) is 2.42. The van der Waals surface area contributed by atoms with Gasteiger partial charge in [0.05, 0.1) is 10.6 Å². The van der Waals surface area contributed by atoms with Crippen molar-refractivity contribution in [1.29, 1.82) is 0 Å². The zero-order valence-corrected chi connectivity index (χ0v) is 7.75. The first-order valence-electron chi connectivity index (χ1n) is 3.77. The largest absolute Gasteiger partial charge is 0.508 e. The zero-order chi connectivity index (χ0) is 9.42. The predicted octanol–water partition coefficient (Wildman–Crippen LogP) is -0.320. The Hall–Kier alpha value is -0.975. The third-order valence-corrected chi connectivity index (χ3v) is 2.53. The lowest BCUT2D eigenvalue weighted by Crippen LogP contribution is -2.32. The second-order valence-corrected chi connectivity index (χ2v) is 3.85. The molecule has 0 radical (unpaired) electrons. The standard InChI is InChI=1S/C7H7BN2O2S/c1-4-9-5-2-3-6(8(11)12)10-7(5)13-4/h2-3,11-12H,1H3. The minimum absolute atomic E-state index is 0.260. The van der Waals surface area contributed by atoms with Gasteiger partial charge in [-0.25, -0.2) is 9.97 Å². The van der Waals surface area contributed by atoms with E-state index >= 15 is 0 Å². The molecule has 0 aliphatic heterocycles. The number of thiazole rings is 1. The van der Waals surface area contributed by atoms with E-state index in [1.807, 2.05) is 6.92 Å². The van der Waals surface area contributed by atoms with E-state index in [1.54, 1.807) is 12.1 Å². The van der Waals surface area contributed by atoms with Crippen molar-refractivity contribution in [2.75, 3.05) is 0 Å². The van der Waals surface area contributed by atoms with Crippen molar-refractivity contribution >= 4 is 34.4 Å². The second-order valence-electron chi connectivity index (χ2n) is 2.67. The molecule has 0 aliphatic rings. The number of aromatic nitrogens is 2. The van der Waals surface area contributed by atoms with Gasteiger partial charge in [0.1, 0.15) is 10.3 Å². The Bertz CT molecular complexity index is 443. The Kier molecular flexibility index (Phi) is 2.03. The zero-order valence-electron chi connectivity index (χ0n) is 6.93. The number of nitrogens with zero attached hydrogens (tertiary/aromatic N) is 2. The number of fused-ring (bicyclic) bond motifs is 1. The van der Waals surface area contributed by atoms with Crippen LogP contribution in [0.1, 0.15) is 5.01 Å². The Morgan fingerprint density at radius 1 is 1.31 bits per heavy atom. The molecular formula is C7H7BN2O2S. The van der Waals surface area contributed by atoms with Crippen molar-refractivity contribution in [3.05, 3.63) is 17.1 Å². The molecule has 0 unspecified atom stereocenters. The lowest BCUT2D eigenvalue weighted by atomic mass is 9.86. The first kappa shape index (κ1) is 8.62. The highest BCUT2D eigenvalue weighted by atomic mass is 32.1.